The summed E-state index contributed by atoms with van der Waals surface area (Å²) in [6, 6.07) is 24.3. The molecule has 0 radical (unpaired) electrons. The van der Waals surface area contributed by atoms with Crippen molar-refractivity contribution >= 4 is 19.4 Å². The van der Waals surface area contributed by atoms with Gasteiger partial charge in [-0.3, -0.25) is 0 Å². The van der Waals surface area contributed by atoms with E-state index in [4.69, 9.17) is 0 Å². The zero-order valence-corrected chi connectivity index (χ0v) is 15.2. The molecule has 0 fully saturated rings. The van der Waals surface area contributed by atoms with Gasteiger partial charge in [0.25, 0.3) is 0 Å². The topological polar surface area (TPSA) is 17.1 Å². The van der Waals surface area contributed by atoms with E-state index >= 15 is 0 Å². The number of carbonyl (C=O) groups excluding carboxylic acids is 1. The van der Waals surface area contributed by atoms with Crippen molar-refractivity contribution in [2.45, 2.75) is 13.8 Å². The Balaban J connectivity index is 0.00000208. The van der Waals surface area contributed by atoms with Gasteiger partial charge >= 0.3 is 18.9 Å². The van der Waals surface area contributed by atoms with Gasteiger partial charge in [0, 0.05) is 5.52 Å². The van der Waals surface area contributed by atoms with Gasteiger partial charge in [-0.05, 0) is 41.7 Å². The number of hydrogen-bond acceptors (Lipinski definition) is 1. The fourth-order valence-corrected chi connectivity index (χ4v) is 3.92. The summed E-state index contributed by atoms with van der Waals surface area (Å²) in [4.78, 5) is 12.8. The summed E-state index contributed by atoms with van der Waals surface area (Å²) in [7, 11) is 0.721. The Morgan fingerprint density at radius 1 is 0.750 bits per heavy atom. The minimum atomic E-state index is 0. The van der Waals surface area contributed by atoms with Crippen LogP contribution in [0.5, 0.6) is 0 Å². The minimum absolute atomic E-state index is 0. The van der Waals surface area contributed by atoms with E-state index in [0.717, 1.165) is 41.7 Å². The largest absolute Gasteiger partial charge is 1.00 e. The Bertz CT molecular complexity index is 823. The van der Waals surface area contributed by atoms with Gasteiger partial charge in [0.1, 0.15) is 0 Å². The maximum atomic E-state index is 12.8. The molecule has 0 bridgehead atoms. The van der Waals surface area contributed by atoms with Crippen molar-refractivity contribution in [1.29, 1.82) is 0 Å². The molecule has 0 heterocycles. The molecule has 3 rings (SSSR count). The number of benzene rings is 3. The first-order valence-electron chi connectivity index (χ1n) is 7.63. The Labute approximate surface area is 157 Å². The van der Waals surface area contributed by atoms with Crippen LogP contribution in [0.15, 0.2) is 72.8 Å². The SMILES string of the molecule is Cc1cccc(C)c1C(=O)[P-]c1ccccc1-c1ccccc1.[Li+]. The van der Waals surface area contributed by atoms with Crippen molar-refractivity contribution in [3.05, 3.63) is 89.5 Å². The normalized spacial score (nSPS) is 10.6. The van der Waals surface area contributed by atoms with Gasteiger partial charge in [-0.1, -0.05) is 72.8 Å². The smallest absolute Gasteiger partial charge is 0.425 e. The van der Waals surface area contributed by atoms with E-state index in [9.17, 15) is 4.79 Å². The van der Waals surface area contributed by atoms with Crippen LogP contribution in [0, 0.1) is 13.8 Å². The van der Waals surface area contributed by atoms with Gasteiger partial charge in [-0.25, -0.2) is 0 Å². The summed E-state index contributed by atoms with van der Waals surface area (Å²) in [6.07, 6.45) is 0. The average Bonchev–Trinajstić information content (AvgIpc) is 2.56. The summed E-state index contributed by atoms with van der Waals surface area (Å²) >= 11 is 0. The molecule has 0 saturated carbocycles. The third kappa shape index (κ3) is 4.06. The average molecular weight is 324 g/mol. The van der Waals surface area contributed by atoms with Crippen LogP contribution in [0.2, 0.25) is 0 Å². The van der Waals surface area contributed by atoms with Gasteiger partial charge in [0.15, 0.2) is 0 Å². The van der Waals surface area contributed by atoms with Crippen LogP contribution >= 0.6 is 8.58 Å². The molecule has 0 aliphatic rings. The first kappa shape index (κ1) is 18.7. The summed E-state index contributed by atoms with van der Waals surface area (Å²) in [5.74, 6) is 0. The van der Waals surface area contributed by atoms with Crippen molar-refractivity contribution in [2.75, 3.05) is 0 Å². The monoisotopic (exact) mass is 324 g/mol. The minimum Gasteiger partial charge on any atom is -0.425 e. The van der Waals surface area contributed by atoms with E-state index in [2.05, 4.69) is 18.2 Å². The van der Waals surface area contributed by atoms with E-state index < -0.39 is 0 Å². The second-order valence-corrected chi connectivity index (χ2v) is 6.68. The molecule has 3 heteroatoms. The molecule has 3 aromatic carbocycles. The molecular formula is C21H18LiOP. The Morgan fingerprint density at radius 3 is 2.00 bits per heavy atom. The van der Waals surface area contributed by atoms with Crippen molar-refractivity contribution in [3.63, 3.8) is 0 Å². The van der Waals surface area contributed by atoms with E-state index in [1.165, 1.54) is 0 Å². The number of rotatable bonds is 4. The van der Waals surface area contributed by atoms with Gasteiger partial charge in [-0.15, -0.1) is 0 Å². The second-order valence-electron chi connectivity index (χ2n) is 5.57. The maximum Gasteiger partial charge on any atom is 1.00 e. The molecule has 0 amide bonds. The van der Waals surface area contributed by atoms with Crippen molar-refractivity contribution in [1.82, 2.24) is 0 Å². The Morgan fingerprint density at radius 2 is 1.33 bits per heavy atom. The molecule has 0 aromatic heterocycles. The molecular weight excluding hydrogens is 306 g/mol. The molecule has 114 valence electrons. The van der Waals surface area contributed by atoms with Crippen molar-refractivity contribution in [2.24, 2.45) is 0 Å². The van der Waals surface area contributed by atoms with Crippen LogP contribution in [0.3, 0.4) is 0 Å². The van der Waals surface area contributed by atoms with Crippen LogP contribution in [0.1, 0.15) is 21.5 Å². The molecule has 0 atom stereocenters. The van der Waals surface area contributed by atoms with Crippen molar-refractivity contribution in [3.8, 4) is 11.1 Å². The first-order valence-corrected chi connectivity index (χ1v) is 8.53. The summed E-state index contributed by atoms with van der Waals surface area (Å²) in [5, 5.41) is 1.05. The maximum absolute atomic E-state index is 12.8. The molecule has 0 spiro atoms. The van der Waals surface area contributed by atoms with Crippen molar-refractivity contribution < 1.29 is 23.7 Å². The fourth-order valence-electron chi connectivity index (χ4n) is 2.75. The van der Waals surface area contributed by atoms with E-state index in [0.29, 0.717) is 0 Å². The van der Waals surface area contributed by atoms with Crippen LogP contribution in [0.4, 0.5) is 0 Å². The van der Waals surface area contributed by atoms with Gasteiger partial charge in [0.05, 0.1) is 0 Å². The van der Waals surface area contributed by atoms with Gasteiger partial charge in [0.2, 0.25) is 0 Å². The van der Waals surface area contributed by atoms with Crippen LogP contribution in [0.25, 0.3) is 11.1 Å². The third-order valence-electron chi connectivity index (χ3n) is 3.91. The van der Waals surface area contributed by atoms with E-state index in [1.807, 2.05) is 68.4 Å². The fraction of sp³-hybridized carbons (Fsp3) is 0.0952. The quantitative estimate of drug-likeness (QED) is 0.532. The third-order valence-corrected chi connectivity index (χ3v) is 4.96. The van der Waals surface area contributed by atoms with Crippen LogP contribution in [-0.2, 0) is 0 Å². The van der Waals surface area contributed by atoms with E-state index in [-0.39, 0.29) is 24.4 Å². The van der Waals surface area contributed by atoms with Crippen LogP contribution < -0.4 is 24.2 Å². The standard InChI is InChI=1S/C21H18OP.Li/c1-15-9-8-10-16(2)20(15)21(22)23-19-14-7-6-13-18(19)17-11-4-3-5-12-17;/h3-14H,1-2H3;/q-1;+1. The molecule has 0 aliphatic carbocycles. The summed E-state index contributed by atoms with van der Waals surface area (Å²) < 4.78 is 0. The molecule has 0 unspecified atom stereocenters. The summed E-state index contributed by atoms with van der Waals surface area (Å²) in [6.45, 7) is 4.00. The zero-order valence-electron chi connectivity index (χ0n) is 14.3. The Hall–Kier alpha value is -1.64. The molecule has 0 aliphatic heterocycles. The molecule has 1 nitrogen and oxygen atoms in total. The van der Waals surface area contributed by atoms with E-state index in [1.54, 1.807) is 0 Å². The number of aryl methyl sites for hydroxylation is 2. The molecule has 24 heavy (non-hydrogen) atoms. The van der Waals surface area contributed by atoms with Crippen LogP contribution in [-0.4, -0.2) is 5.52 Å². The summed E-state index contributed by atoms with van der Waals surface area (Å²) in [5.41, 5.74) is 5.35. The van der Waals surface area contributed by atoms with Gasteiger partial charge in [-0.2, -0.15) is 5.30 Å². The predicted molar refractivity (Wildman–Crippen MR) is 98.7 cm³/mol. The zero-order chi connectivity index (χ0) is 16.2. The first-order chi connectivity index (χ1) is 11.2. The number of carbonyl (C=O) groups is 1. The number of hydrogen-bond donors (Lipinski definition) is 0. The second kappa shape index (κ2) is 8.45. The molecule has 3 aromatic rings. The predicted octanol–water partition coefficient (Wildman–Crippen LogP) is 2.39. The Kier molecular flexibility index (Phi) is 6.58. The molecule has 0 N–H and O–H groups in total. The molecule has 0 saturated heterocycles. The van der Waals surface area contributed by atoms with Gasteiger partial charge < -0.3 is 13.4 Å².